The molecule has 0 aliphatic carbocycles. The Morgan fingerprint density at radius 2 is 1.90 bits per heavy atom. The fourth-order valence-electron chi connectivity index (χ4n) is 2.19. The van der Waals surface area contributed by atoms with Crippen LogP contribution in [0.2, 0.25) is 0 Å². The van der Waals surface area contributed by atoms with Crippen molar-refractivity contribution in [3.8, 4) is 5.75 Å². The molecule has 1 heterocycles. The van der Waals surface area contributed by atoms with Crippen LogP contribution in [-0.4, -0.2) is 9.66 Å². The lowest BCUT2D eigenvalue weighted by molar-refractivity contribution is 0.475. The normalized spacial score (nSPS) is 21.4. The monoisotopic (exact) mass is 349 g/mol. The van der Waals surface area contributed by atoms with Gasteiger partial charge in [-0.05, 0) is 36.4 Å². The molecule has 0 amide bonds. The van der Waals surface area contributed by atoms with Crippen LogP contribution in [0, 0.1) is 0 Å². The van der Waals surface area contributed by atoms with Crippen molar-refractivity contribution < 1.29 is 9.66 Å². The Morgan fingerprint density at radius 1 is 1.15 bits per heavy atom. The third-order valence-electron chi connectivity index (χ3n) is 3.11. The molecule has 0 radical (unpaired) electrons. The molecule has 5 heteroatoms. The molecular formula is C15H12BrNO2S. The molecule has 2 atom stereocenters. The van der Waals surface area contributed by atoms with Gasteiger partial charge in [-0.1, -0.05) is 28.1 Å². The van der Waals surface area contributed by atoms with Crippen molar-refractivity contribution in [3.63, 3.8) is 0 Å². The second-order valence-electron chi connectivity index (χ2n) is 4.44. The van der Waals surface area contributed by atoms with Gasteiger partial charge in [-0.15, -0.1) is 0 Å². The zero-order valence-corrected chi connectivity index (χ0v) is 12.8. The average Bonchev–Trinajstić information content (AvgIpc) is 2.81. The van der Waals surface area contributed by atoms with Crippen LogP contribution in [0.5, 0.6) is 5.75 Å². The minimum atomic E-state index is -1.09. The molecule has 1 aliphatic heterocycles. The van der Waals surface area contributed by atoms with E-state index in [1.165, 1.54) is 0 Å². The van der Waals surface area contributed by atoms with Crippen molar-refractivity contribution in [1.29, 1.82) is 0 Å². The Balaban J connectivity index is 1.98. The number of benzene rings is 2. The molecule has 1 aliphatic rings. The van der Waals surface area contributed by atoms with Crippen LogP contribution in [0.3, 0.4) is 0 Å². The van der Waals surface area contributed by atoms with Crippen LogP contribution in [0.15, 0.2) is 64.6 Å². The van der Waals surface area contributed by atoms with Gasteiger partial charge in [-0.25, -0.2) is 0 Å². The topological polar surface area (TPSA) is 46.5 Å². The summed E-state index contributed by atoms with van der Waals surface area (Å²) in [6.45, 7) is 0. The van der Waals surface area contributed by atoms with Crippen molar-refractivity contribution in [2.24, 2.45) is 0 Å². The maximum absolute atomic E-state index is 12.3. The van der Waals surface area contributed by atoms with Crippen LogP contribution >= 0.6 is 15.9 Å². The van der Waals surface area contributed by atoms with Gasteiger partial charge in [0.25, 0.3) is 0 Å². The van der Waals surface area contributed by atoms with Crippen molar-refractivity contribution in [1.82, 2.24) is 0 Å². The number of hydrogen-bond donors (Lipinski definition) is 1. The Morgan fingerprint density at radius 3 is 2.60 bits per heavy atom. The van der Waals surface area contributed by atoms with Crippen molar-refractivity contribution >= 4 is 32.8 Å². The summed E-state index contributed by atoms with van der Waals surface area (Å²) in [4.78, 5) is 1.96. The first-order chi connectivity index (χ1) is 9.65. The van der Waals surface area contributed by atoms with E-state index in [1.807, 2.05) is 47.5 Å². The van der Waals surface area contributed by atoms with Gasteiger partial charge in [0, 0.05) is 26.9 Å². The quantitative estimate of drug-likeness (QED) is 0.836. The van der Waals surface area contributed by atoms with E-state index in [4.69, 9.17) is 0 Å². The molecular weight excluding hydrogens is 338 g/mol. The highest BCUT2D eigenvalue weighted by atomic mass is 79.9. The van der Waals surface area contributed by atoms with Crippen molar-refractivity contribution in [2.45, 2.75) is 5.37 Å². The summed E-state index contributed by atoms with van der Waals surface area (Å²) in [6.07, 6.45) is 1.83. The van der Waals surface area contributed by atoms with Crippen LogP contribution in [-0.2, 0) is 11.2 Å². The molecule has 1 N–H and O–H groups in total. The molecule has 3 rings (SSSR count). The maximum atomic E-state index is 12.3. The second kappa shape index (κ2) is 5.52. The lowest BCUT2D eigenvalue weighted by Crippen LogP contribution is -2.23. The molecule has 20 heavy (non-hydrogen) atoms. The smallest absolute Gasteiger partial charge is 0.223 e. The molecule has 3 nitrogen and oxygen atoms in total. The van der Waals surface area contributed by atoms with E-state index in [1.54, 1.807) is 17.5 Å². The van der Waals surface area contributed by atoms with E-state index < -0.39 is 11.2 Å². The Labute approximate surface area is 128 Å². The number of rotatable bonds is 2. The van der Waals surface area contributed by atoms with E-state index in [2.05, 4.69) is 15.9 Å². The number of anilines is 1. The Hall–Kier alpha value is -1.43. The molecule has 0 saturated heterocycles. The van der Waals surface area contributed by atoms with Crippen LogP contribution in [0.4, 0.5) is 5.69 Å². The number of nitrogens with zero attached hydrogens (tertiary/aromatic N) is 1. The fraction of sp³-hybridized carbons (Fsp3) is 0.0667. The van der Waals surface area contributed by atoms with Crippen LogP contribution in [0.1, 0.15) is 10.9 Å². The van der Waals surface area contributed by atoms with E-state index in [-0.39, 0.29) is 11.1 Å². The highest BCUT2D eigenvalue weighted by molar-refractivity contribution is 9.10. The number of halogens is 1. The predicted molar refractivity (Wildman–Crippen MR) is 84.8 cm³/mol. The molecule has 0 aromatic heterocycles. The number of phenols is 1. The average molecular weight is 350 g/mol. The van der Waals surface area contributed by atoms with Crippen LogP contribution < -0.4 is 4.90 Å². The molecule has 102 valence electrons. The third kappa shape index (κ3) is 2.57. The number of aromatic hydroxyl groups is 1. The van der Waals surface area contributed by atoms with Gasteiger partial charge >= 0.3 is 0 Å². The molecule has 2 aromatic carbocycles. The van der Waals surface area contributed by atoms with Crippen molar-refractivity contribution in [3.05, 3.63) is 70.2 Å². The molecule has 0 fully saturated rings. The minimum absolute atomic E-state index is 0.219. The zero-order chi connectivity index (χ0) is 14.1. The third-order valence-corrected chi connectivity index (χ3v) is 4.93. The number of hydrogen-bond acceptors (Lipinski definition) is 3. The lowest BCUT2D eigenvalue weighted by Gasteiger charge is -2.25. The molecule has 0 spiro atoms. The van der Waals surface area contributed by atoms with Gasteiger partial charge in [0.1, 0.15) is 11.2 Å². The molecule has 0 bridgehead atoms. The van der Waals surface area contributed by atoms with Gasteiger partial charge in [-0.3, -0.25) is 4.90 Å². The van der Waals surface area contributed by atoms with Crippen LogP contribution in [0.25, 0.3) is 0 Å². The first-order valence-electron chi connectivity index (χ1n) is 6.06. The Kier molecular flexibility index (Phi) is 3.74. The van der Waals surface area contributed by atoms with E-state index in [0.29, 0.717) is 0 Å². The largest absolute Gasteiger partial charge is 0.610 e. The zero-order valence-electron chi connectivity index (χ0n) is 10.4. The van der Waals surface area contributed by atoms with Gasteiger partial charge in [0.15, 0.2) is 0 Å². The van der Waals surface area contributed by atoms with Crippen molar-refractivity contribution in [2.75, 3.05) is 4.90 Å². The summed E-state index contributed by atoms with van der Waals surface area (Å²) in [5.74, 6) is 0.219. The Bertz CT molecular complexity index is 645. The molecule has 2 unspecified atom stereocenters. The second-order valence-corrected chi connectivity index (χ2v) is 6.74. The van der Waals surface area contributed by atoms with E-state index in [9.17, 15) is 9.66 Å². The first-order valence-corrected chi connectivity index (χ1v) is 8.12. The van der Waals surface area contributed by atoms with Gasteiger partial charge in [0.05, 0.1) is 6.20 Å². The SMILES string of the molecule is [O-][S+]1C=CN(c2ccc(O)cc2)C1c1cccc(Br)c1. The summed E-state index contributed by atoms with van der Waals surface area (Å²) in [5, 5.41) is 10.8. The fourth-order valence-corrected chi connectivity index (χ4v) is 3.84. The van der Waals surface area contributed by atoms with E-state index in [0.717, 1.165) is 15.7 Å². The summed E-state index contributed by atoms with van der Waals surface area (Å²) >= 11 is 2.35. The first kappa shape index (κ1) is 13.5. The van der Waals surface area contributed by atoms with Gasteiger partial charge < -0.3 is 9.66 Å². The molecule has 2 aromatic rings. The lowest BCUT2D eigenvalue weighted by atomic mass is 10.2. The summed E-state index contributed by atoms with van der Waals surface area (Å²) in [5.41, 5.74) is 1.88. The van der Waals surface area contributed by atoms with E-state index >= 15 is 0 Å². The summed E-state index contributed by atoms with van der Waals surface area (Å²) in [6, 6.07) is 14.7. The maximum Gasteiger partial charge on any atom is 0.223 e. The summed E-state index contributed by atoms with van der Waals surface area (Å²) in [7, 11) is 0. The highest BCUT2D eigenvalue weighted by Crippen LogP contribution is 2.38. The van der Waals surface area contributed by atoms with Gasteiger partial charge in [-0.2, -0.15) is 0 Å². The van der Waals surface area contributed by atoms with Gasteiger partial charge in [0.2, 0.25) is 5.37 Å². The number of phenolic OH excluding ortho intramolecular Hbond substituents is 1. The molecule has 0 saturated carbocycles. The standard InChI is InChI=1S/C15H12BrNO2S/c16-12-3-1-2-11(10-12)15-17(8-9-20(15)19)13-4-6-14(18)7-5-13/h1-10,15,18H. The minimum Gasteiger partial charge on any atom is -0.610 e. The summed E-state index contributed by atoms with van der Waals surface area (Å²) < 4.78 is 13.2. The predicted octanol–water partition coefficient (Wildman–Crippen LogP) is 3.89. The highest BCUT2D eigenvalue weighted by Gasteiger charge is 2.34.